The number of hydrogen-bond acceptors (Lipinski definition) is 3. The minimum atomic E-state index is 0.595. The predicted octanol–water partition coefficient (Wildman–Crippen LogP) is 3.61. The van der Waals surface area contributed by atoms with Crippen molar-refractivity contribution < 1.29 is 4.74 Å². The van der Waals surface area contributed by atoms with Crippen LogP contribution in [0.1, 0.15) is 5.56 Å². The van der Waals surface area contributed by atoms with Crippen molar-refractivity contribution in [1.82, 2.24) is 9.61 Å². The lowest BCUT2D eigenvalue weighted by Gasteiger charge is -2.08. The fourth-order valence-electron chi connectivity index (χ4n) is 2.10. The van der Waals surface area contributed by atoms with Crippen LogP contribution in [0.2, 0.25) is 5.02 Å². The van der Waals surface area contributed by atoms with E-state index >= 15 is 0 Å². The topological polar surface area (TPSA) is 38.6 Å². The number of methoxy groups -OCH3 is 1. The van der Waals surface area contributed by atoms with Crippen LogP contribution in [-0.2, 0) is 6.54 Å². The van der Waals surface area contributed by atoms with Crippen molar-refractivity contribution in [3.8, 4) is 5.75 Å². The molecule has 1 N–H and O–H groups in total. The van der Waals surface area contributed by atoms with Gasteiger partial charge in [0.1, 0.15) is 5.75 Å². The number of nitrogens with zero attached hydrogens (tertiary/aromatic N) is 2. The van der Waals surface area contributed by atoms with E-state index in [0.29, 0.717) is 17.3 Å². The summed E-state index contributed by atoms with van der Waals surface area (Å²) in [6, 6.07) is 11.7. The molecule has 2 aromatic heterocycles. The summed E-state index contributed by atoms with van der Waals surface area (Å²) >= 11 is 6.10. The quantitative estimate of drug-likeness (QED) is 0.797. The van der Waals surface area contributed by atoms with Gasteiger partial charge in [0.15, 0.2) is 0 Å². The molecule has 3 rings (SSSR count). The Hall–Kier alpha value is -2.20. The second-order valence-corrected chi connectivity index (χ2v) is 4.81. The largest absolute Gasteiger partial charge is 0.495 e. The third-order valence-corrected chi connectivity index (χ3v) is 3.44. The maximum absolute atomic E-state index is 6.10. The summed E-state index contributed by atoms with van der Waals surface area (Å²) in [5.41, 5.74) is 3.18. The van der Waals surface area contributed by atoms with E-state index in [4.69, 9.17) is 16.3 Å². The smallest absolute Gasteiger partial charge is 0.137 e. The Labute approximate surface area is 121 Å². The van der Waals surface area contributed by atoms with Crippen molar-refractivity contribution in [1.29, 1.82) is 0 Å². The van der Waals surface area contributed by atoms with Crippen LogP contribution in [0.25, 0.3) is 5.52 Å². The molecular weight excluding hydrogens is 274 g/mol. The Bertz CT molecular complexity index is 739. The molecule has 0 fully saturated rings. The van der Waals surface area contributed by atoms with E-state index in [9.17, 15) is 0 Å². The van der Waals surface area contributed by atoms with Gasteiger partial charge in [0, 0.05) is 24.0 Å². The van der Waals surface area contributed by atoms with Crippen LogP contribution in [0, 0.1) is 0 Å². The van der Waals surface area contributed by atoms with Gasteiger partial charge in [0.25, 0.3) is 0 Å². The zero-order valence-corrected chi connectivity index (χ0v) is 11.8. The summed E-state index contributed by atoms with van der Waals surface area (Å²) in [4.78, 5) is 0. The molecule has 0 atom stereocenters. The molecule has 4 nitrogen and oxygen atoms in total. The molecule has 3 aromatic rings. The van der Waals surface area contributed by atoms with Gasteiger partial charge < -0.3 is 10.1 Å². The van der Waals surface area contributed by atoms with Crippen LogP contribution in [0.3, 0.4) is 0 Å². The summed E-state index contributed by atoms with van der Waals surface area (Å²) < 4.78 is 6.99. The Kier molecular flexibility index (Phi) is 3.48. The number of benzene rings is 1. The first-order valence-corrected chi connectivity index (χ1v) is 6.64. The highest BCUT2D eigenvalue weighted by molar-refractivity contribution is 6.32. The molecule has 0 saturated heterocycles. The van der Waals surface area contributed by atoms with Crippen molar-refractivity contribution in [3.05, 3.63) is 59.4 Å². The van der Waals surface area contributed by atoms with Crippen LogP contribution in [0.15, 0.2) is 48.8 Å². The first kappa shape index (κ1) is 12.8. The number of rotatable bonds is 4. The summed E-state index contributed by atoms with van der Waals surface area (Å²) in [5.74, 6) is 0.674. The van der Waals surface area contributed by atoms with Gasteiger partial charge in [-0.25, -0.2) is 4.52 Å². The molecule has 0 amide bonds. The first-order valence-electron chi connectivity index (χ1n) is 6.26. The van der Waals surface area contributed by atoms with Gasteiger partial charge in [-0.1, -0.05) is 17.7 Å². The lowest BCUT2D eigenvalue weighted by molar-refractivity contribution is 0.415. The summed E-state index contributed by atoms with van der Waals surface area (Å²) in [6.07, 6.45) is 3.80. The van der Waals surface area contributed by atoms with E-state index in [1.165, 1.54) is 0 Å². The fraction of sp³-hybridized carbons (Fsp3) is 0.133. The molecular formula is C15H14ClN3O. The second-order valence-electron chi connectivity index (χ2n) is 4.40. The molecule has 2 heterocycles. The first-order chi connectivity index (χ1) is 9.78. The Morgan fingerprint density at radius 3 is 3.00 bits per heavy atom. The molecule has 0 bridgehead atoms. The molecule has 0 aliphatic heterocycles. The summed E-state index contributed by atoms with van der Waals surface area (Å²) in [5, 5.41) is 8.24. The number of ether oxygens (including phenoxy) is 1. The molecule has 1 aromatic carbocycles. The SMILES string of the molecule is COc1ccc(NCc2cnn3ccccc23)cc1Cl. The monoisotopic (exact) mass is 287 g/mol. The molecule has 0 unspecified atom stereocenters. The zero-order chi connectivity index (χ0) is 13.9. The van der Waals surface area contributed by atoms with Gasteiger partial charge in [-0.05, 0) is 30.3 Å². The van der Waals surface area contributed by atoms with Crippen LogP contribution >= 0.6 is 11.6 Å². The normalized spacial score (nSPS) is 10.7. The number of halogens is 1. The molecule has 20 heavy (non-hydrogen) atoms. The van der Waals surface area contributed by atoms with Gasteiger partial charge >= 0.3 is 0 Å². The average molecular weight is 288 g/mol. The lowest BCUT2D eigenvalue weighted by Crippen LogP contribution is -1.99. The molecule has 0 aliphatic carbocycles. The highest BCUT2D eigenvalue weighted by Crippen LogP contribution is 2.27. The van der Waals surface area contributed by atoms with Crippen LogP contribution in [0.5, 0.6) is 5.75 Å². The van der Waals surface area contributed by atoms with Crippen molar-refractivity contribution in [3.63, 3.8) is 0 Å². The van der Waals surface area contributed by atoms with Crippen molar-refractivity contribution >= 4 is 22.8 Å². The number of anilines is 1. The maximum Gasteiger partial charge on any atom is 0.137 e. The number of aromatic nitrogens is 2. The number of hydrogen-bond donors (Lipinski definition) is 1. The van der Waals surface area contributed by atoms with E-state index in [1.54, 1.807) is 7.11 Å². The van der Waals surface area contributed by atoms with Crippen LogP contribution in [-0.4, -0.2) is 16.7 Å². The summed E-state index contributed by atoms with van der Waals surface area (Å²) in [7, 11) is 1.60. The standard InChI is InChI=1S/C15H14ClN3O/c1-20-15-6-5-12(8-13(15)16)17-9-11-10-18-19-7-3-2-4-14(11)19/h2-8,10,17H,9H2,1H3. The molecule has 5 heteroatoms. The van der Waals surface area contributed by atoms with Gasteiger partial charge in [-0.3, -0.25) is 0 Å². The van der Waals surface area contributed by atoms with Gasteiger partial charge in [-0.15, -0.1) is 0 Å². The van der Waals surface area contributed by atoms with E-state index < -0.39 is 0 Å². The van der Waals surface area contributed by atoms with E-state index in [0.717, 1.165) is 16.8 Å². The Morgan fingerprint density at radius 2 is 2.20 bits per heavy atom. The van der Waals surface area contributed by atoms with Crippen LogP contribution in [0.4, 0.5) is 5.69 Å². The fourth-order valence-corrected chi connectivity index (χ4v) is 2.36. The highest BCUT2D eigenvalue weighted by atomic mass is 35.5. The minimum Gasteiger partial charge on any atom is -0.495 e. The Morgan fingerprint density at radius 1 is 1.30 bits per heavy atom. The zero-order valence-electron chi connectivity index (χ0n) is 11.0. The third-order valence-electron chi connectivity index (χ3n) is 3.14. The second kappa shape index (κ2) is 5.43. The number of nitrogens with one attached hydrogen (secondary N) is 1. The van der Waals surface area contributed by atoms with E-state index in [-0.39, 0.29) is 0 Å². The average Bonchev–Trinajstić information content (AvgIpc) is 2.88. The lowest BCUT2D eigenvalue weighted by atomic mass is 10.2. The maximum atomic E-state index is 6.10. The molecule has 0 radical (unpaired) electrons. The highest BCUT2D eigenvalue weighted by Gasteiger charge is 2.04. The van der Waals surface area contributed by atoms with Gasteiger partial charge in [0.05, 0.1) is 23.8 Å². The van der Waals surface area contributed by atoms with Crippen molar-refractivity contribution in [2.75, 3.05) is 12.4 Å². The number of pyridine rings is 1. The van der Waals surface area contributed by atoms with Crippen molar-refractivity contribution in [2.45, 2.75) is 6.54 Å². The van der Waals surface area contributed by atoms with Gasteiger partial charge in [-0.2, -0.15) is 5.10 Å². The van der Waals surface area contributed by atoms with Crippen LogP contribution < -0.4 is 10.1 Å². The number of fused-ring (bicyclic) bond motifs is 1. The minimum absolute atomic E-state index is 0.595. The van der Waals surface area contributed by atoms with Gasteiger partial charge in [0.2, 0.25) is 0 Å². The molecule has 102 valence electrons. The Balaban J connectivity index is 1.78. The third kappa shape index (κ3) is 2.42. The molecule has 0 aliphatic rings. The predicted molar refractivity (Wildman–Crippen MR) is 80.5 cm³/mol. The summed E-state index contributed by atoms with van der Waals surface area (Å²) in [6.45, 7) is 0.691. The molecule has 0 saturated carbocycles. The van der Waals surface area contributed by atoms with E-state index in [1.807, 2.05) is 53.3 Å². The molecule has 0 spiro atoms. The van der Waals surface area contributed by atoms with E-state index in [2.05, 4.69) is 10.4 Å². The van der Waals surface area contributed by atoms with Crippen molar-refractivity contribution in [2.24, 2.45) is 0 Å².